The van der Waals surface area contributed by atoms with E-state index >= 15 is 0 Å². The van der Waals surface area contributed by atoms with Crippen LogP contribution >= 0.6 is 27.7 Å². The van der Waals surface area contributed by atoms with Crippen LogP contribution in [0.3, 0.4) is 0 Å². The standard InChI is InChI=1S/C22H29BrN2O4S2/c1-15-6-8-18(25-14-21(26)24-10-11-30-22(2,3)4)20(12-15)31(27,28)16-7-9-19(29-5)17(23)13-16/h6-9,12-13,25H,10-11,14H2,1-5H3,(H,24,26). The van der Waals surface area contributed by atoms with Crippen molar-refractivity contribution in [2.45, 2.75) is 42.2 Å². The fourth-order valence-corrected chi connectivity index (χ4v) is 5.78. The Balaban J connectivity index is 2.15. The van der Waals surface area contributed by atoms with Gasteiger partial charge in [-0.2, -0.15) is 11.8 Å². The van der Waals surface area contributed by atoms with E-state index in [4.69, 9.17) is 4.74 Å². The summed E-state index contributed by atoms with van der Waals surface area (Å²) in [5, 5.41) is 5.83. The zero-order valence-electron chi connectivity index (χ0n) is 18.4. The van der Waals surface area contributed by atoms with Crippen molar-refractivity contribution in [3.8, 4) is 5.75 Å². The number of methoxy groups -OCH3 is 1. The summed E-state index contributed by atoms with van der Waals surface area (Å²) in [5.41, 5.74) is 1.19. The molecule has 0 unspecified atom stereocenters. The highest BCUT2D eigenvalue weighted by molar-refractivity contribution is 9.10. The first kappa shape index (κ1) is 25.5. The summed E-state index contributed by atoms with van der Waals surface area (Å²) in [7, 11) is -2.29. The number of halogens is 1. The average molecular weight is 530 g/mol. The summed E-state index contributed by atoms with van der Waals surface area (Å²) in [4.78, 5) is 12.5. The van der Waals surface area contributed by atoms with Gasteiger partial charge in [0.1, 0.15) is 5.75 Å². The number of aryl methyl sites for hydroxylation is 1. The first-order chi connectivity index (χ1) is 14.4. The van der Waals surface area contributed by atoms with Crippen LogP contribution < -0.4 is 15.4 Å². The van der Waals surface area contributed by atoms with Crippen LogP contribution in [-0.2, 0) is 14.6 Å². The lowest BCUT2D eigenvalue weighted by molar-refractivity contribution is -0.119. The van der Waals surface area contributed by atoms with Crippen molar-refractivity contribution in [1.82, 2.24) is 5.32 Å². The molecule has 2 aromatic rings. The molecule has 0 saturated carbocycles. The van der Waals surface area contributed by atoms with Gasteiger partial charge in [-0.3, -0.25) is 4.79 Å². The number of sulfone groups is 1. The lowest BCUT2D eigenvalue weighted by Crippen LogP contribution is -2.32. The van der Waals surface area contributed by atoms with Gasteiger partial charge in [0, 0.05) is 17.0 Å². The van der Waals surface area contributed by atoms with E-state index in [9.17, 15) is 13.2 Å². The highest BCUT2D eigenvalue weighted by Crippen LogP contribution is 2.33. The van der Waals surface area contributed by atoms with Crippen molar-refractivity contribution in [1.29, 1.82) is 0 Å². The van der Waals surface area contributed by atoms with Crippen molar-refractivity contribution in [3.63, 3.8) is 0 Å². The molecule has 31 heavy (non-hydrogen) atoms. The fourth-order valence-electron chi connectivity index (χ4n) is 2.72. The zero-order chi connectivity index (χ0) is 23.2. The summed E-state index contributed by atoms with van der Waals surface area (Å²) >= 11 is 5.11. The van der Waals surface area contributed by atoms with E-state index in [0.717, 1.165) is 11.3 Å². The van der Waals surface area contributed by atoms with Gasteiger partial charge >= 0.3 is 0 Å². The SMILES string of the molecule is COc1ccc(S(=O)(=O)c2cc(C)ccc2NCC(=O)NCCSC(C)(C)C)cc1Br. The van der Waals surface area contributed by atoms with Crippen molar-refractivity contribution >= 4 is 49.1 Å². The summed E-state index contributed by atoms with van der Waals surface area (Å²) in [6.07, 6.45) is 0. The van der Waals surface area contributed by atoms with Gasteiger partial charge in [-0.25, -0.2) is 8.42 Å². The van der Waals surface area contributed by atoms with E-state index in [0.29, 0.717) is 22.5 Å². The van der Waals surface area contributed by atoms with Crippen LogP contribution in [0.15, 0.2) is 50.7 Å². The van der Waals surface area contributed by atoms with Gasteiger partial charge in [0.2, 0.25) is 15.7 Å². The van der Waals surface area contributed by atoms with E-state index in [1.165, 1.54) is 19.2 Å². The molecule has 0 fully saturated rings. The molecule has 1 amide bonds. The van der Waals surface area contributed by atoms with Crippen LogP contribution in [0.2, 0.25) is 0 Å². The van der Waals surface area contributed by atoms with Crippen LogP contribution in [0.1, 0.15) is 26.3 Å². The number of carbonyl (C=O) groups is 1. The lowest BCUT2D eigenvalue weighted by Gasteiger charge is -2.17. The predicted molar refractivity (Wildman–Crippen MR) is 131 cm³/mol. The first-order valence-electron chi connectivity index (χ1n) is 9.78. The van der Waals surface area contributed by atoms with E-state index in [-0.39, 0.29) is 27.0 Å². The molecule has 0 saturated heterocycles. The number of nitrogens with one attached hydrogen (secondary N) is 2. The highest BCUT2D eigenvalue weighted by Gasteiger charge is 2.23. The molecule has 0 bridgehead atoms. The molecule has 2 rings (SSSR count). The minimum absolute atomic E-state index is 0.0158. The number of rotatable bonds is 9. The van der Waals surface area contributed by atoms with Crippen LogP contribution in [0.5, 0.6) is 5.75 Å². The molecule has 2 N–H and O–H groups in total. The molecule has 0 aromatic heterocycles. The Bertz CT molecular complexity index is 1030. The van der Waals surface area contributed by atoms with Gasteiger partial charge in [0.15, 0.2) is 0 Å². The number of anilines is 1. The second-order valence-corrected chi connectivity index (χ2v) is 12.7. The Hall–Kier alpha value is -1.71. The maximum Gasteiger partial charge on any atom is 0.239 e. The molecule has 0 spiro atoms. The molecule has 0 aliphatic heterocycles. The lowest BCUT2D eigenvalue weighted by atomic mass is 10.2. The second kappa shape index (κ2) is 10.7. The van der Waals surface area contributed by atoms with E-state index in [1.54, 1.807) is 30.0 Å². The van der Waals surface area contributed by atoms with Gasteiger partial charge in [0.05, 0.1) is 33.6 Å². The summed E-state index contributed by atoms with van der Waals surface area (Å²) in [6.45, 7) is 8.75. The number of thioether (sulfide) groups is 1. The van der Waals surface area contributed by atoms with Crippen molar-refractivity contribution < 1.29 is 17.9 Å². The molecule has 9 heteroatoms. The summed E-state index contributed by atoms with van der Waals surface area (Å²) in [5.74, 6) is 1.17. The van der Waals surface area contributed by atoms with Crippen molar-refractivity contribution in [2.24, 2.45) is 0 Å². The number of ether oxygens (including phenoxy) is 1. The number of hydrogen-bond donors (Lipinski definition) is 2. The van der Waals surface area contributed by atoms with Gasteiger partial charge < -0.3 is 15.4 Å². The number of benzene rings is 2. The monoisotopic (exact) mass is 528 g/mol. The predicted octanol–water partition coefficient (Wildman–Crippen LogP) is 4.66. The van der Waals surface area contributed by atoms with Gasteiger partial charge in [-0.1, -0.05) is 26.8 Å². The highest BCUT2D eigenvalue weighted by atomic mass is 79.9. The Morgan fingerprint density at radius 2 is 1.87 bits per heavy atom. The molecule has 6 nitrogen and oxygen atoms in total. The Morgan fingerprint density at radius 3 is 2.48 bits per heavy atom. The minimum Gasteiger partial charge on any atom is -0.496 e. The normalized spacial score (nSPS) is 11.8. The smallest absolute Gasteiger partial charge is 0.239 e. The molecule has 0 heterocycles. The van der Waals surface area contributed by atoms with Gasteiger partial charge in [-0.05, 0) is 58.7 Å². The maximum absolute atomic E-state index is 13.3. The maximum atomic E-state index is 13.3. The Labute approximate surface area is 197 Å². The molecule has 0 radical (unpaired) electrons. The third kappa shape index (κ3) is 7.43. The minimum atomic E-state index is -3.81. The Morgan fingerprint density at radius 1 is 1.16 bits per heavy atom. The van der Waals surface area contributed by atoms with E-state index in [1.807, 2.05) is 13.0 Å². The number of carbonyl (C=O) groups excluding carboxylic acids is 1. The molecule has 0 atom stereocenters. The molecular weight excluding hydrogens is 500 g/mol. The summed E-state index contributed by atoms with van der Waals surface area (Å²) in [6, 6.07) is 9.72. The molecule has 170 valence electrons. The third-order valence-electron chi connectivity index (χ3n) is 4.26. The molecular formula is C22H29BrN2O4S2. The van der Waals surface area contributed by atoms with E-state index < -0.39 is 9.84 Å². The molecule has 0 aliphatic rings. The number of amides is 1. The van der Waals surface area contributed by atoms with Gasteiger partial charge in [0.25, 0.3) is 0 Å². The Kier molecular flexibility index (Phi) is 8.85. The largest absolute Gasteiger partial charge is 0.496 e. The van der Waals surface area contributed by atoms with Crippen LogP contribution in [0.4, 0.5) is 5.69 Å². The first-order valence-corrected chi connectivity index (χ1v) is 13.0. The van der Waals surface area contributed by atoms with Gasteiger partial charge in [-0.15, -0.1) is 0 Å². The second-order valence-electron chi connectivity index (χ2n) is 7.96. The molecule has 0 aliphatic carbocycles. The van der Waals surface area contributed by atoms with Crippen molar-refractivity contribution in [3.05, 3.63) is 46.4 Å². The zero-order valence-corrected chi connectivity index (χ0v) is 21.6. The number of hydrogen-bond acceptors (Lipinski definition) is 6. The van der Waals surface area contributed by atoms with Crippen LogP contribution in [0, 0.1) is 6.92 Å². The molecule has 2 aromatic carbocycles. The summed E-state index contributed by atoms with van der Waals surface area (Å²) < 4.78 is 32.5. The van der Waals surface area contributed by atoms with E-state index in [2.05, 4.69) is 47.3 Å². The quantitative estimate of drug-likeness (QED) is 0.460. The van der Waals surface area contributed by atoms with Crippen LogP contribution in [0.25, 0.3) is 0 Å². The van der Waals surface area contributed by atoms with Crippen molar-refractivity contribution in [2.75, 3.05) is 31.3 Å². The topological polar surface area (TPSA) is 84.5 Å². The average Bonchev–Trinajstić information content (AvgIpc) is 2.69. The fraction of sp³-hybridized carbons (Fsp3) is 0.409. The van der Waals surface area contributed by atoms with Crippen LogP contribution in [-0.4, -0.2) is 45.0 Å². The third-order valence-corrected chi connectivity index (χ3v) is 7.94.